The number of amides is 1. The van der Waals surface area contributed by atoms with Crippen LogP contribution in [0.5, 0.6) is 0 Å². The molecule has 0 rings (SSSR count). The van der Waals surface area contributed by atoms with Crippen LogP contribution in [0.3, 0.4) is 0 Å². The molecule has 1 amide bonds. The van der Waals surface area contributed by atoms with Crippen LogP contribution in [0.25, 0.3) is 0 Å². The van der Waals surface area contributed by atoms with Gasteiger partial charge in [0.15, 0.2) is 0 Å². The summed E-state index contributed by atoms with van der Waals surface area (Å²) in [5.41, 5.74) is 5.70. The fraction of sp³-hybridized carbons (Fsp3) is 0.917. The smallest absolute Gasteiger partial charge is 0.234 e. The minimum Gasteiger partial charge on any atom is -0.383 e. The summed E-state index contributed by atoms with van der Waals surface area (Å²) in [5.74, 6) is 0.0184. The molecule has 0 aromatic carbocycles. The van der Waals surface area contributed by atoms with E-state index in [4.69, 9.17) is 10.5 Å². The first kappa shape index (κ1) is 16.4. The summed E-state index contributed by atoms with van der Waals surface area (Å²) in [4.78, 5) is 13.7. The van der Waals surface area contributed by atoms with Gasteiger partial charge in [-0.25, -0.2) is 0 Å². The molecule has 102 valence electrons. The largest absolute Gasteiger partial charge is 0.383 e. The summed E-state index contributed by atoms with van der Waals surface area (Å²) < 4.78 is 4.96. The molecule has 0 aromatic heterocycles. The van der Waals surface area contributed by atoms with Crippen LogP contribution in [0.2, 0.25) is 0 Å². The van der Waals surface area contributed by atoms with E-state index in [0.29, 0.717) is 19.7 Å². The van der Waals surface area contributed by atoms with E-state index in [1.165, 1.54) is 0 Å². The molecule has 5 nitrogen and oxygen atoms in total. The first-order valence-electron chi connectivity index (χ1n) is 5.97. The monoisotopic (exact) mass is 245 g/mol. The molecular weight excluding hydrogens is 218 g/mol. The standard InChI is InChI=1S/C12H27N3O2/c1-10(7-17-5)14-11(16)6-15(4)9-12(2,3)8-13/h10H,6-9,13H2,1-5H3,(H,14,16). The van der Waals surface area contributed by atoms with Crippen molar-refractivity contribution in [1.29, 1.82) is 0 Å². The molecule has 0 bridgehead atoms. The lowest BCUT2D eigenvalue weighted by molar-refractivity contribution is -0.123. The van der Waals surface area contributed by atoms with E-state index in [9.17, 15) is 4.79 Å². The van der Waals surface area contributed by atoms with Crippen molar-refractivity contribution in [2.75, 3.05) is 40.4 Å². The van der Waals surface area contributed by atoms with E-state index in [0.717, 1.165) is 6.54 Å². The fourth-order valence-electron chi connectivity index (χ4n) is 1.71. The summed E-state index contributed by atoms with van der Waals surface area (Å²) in [5, 5.41) is 2.88. The number of carbonyl (C=O) groups is 1. The second kappa shape index (κ2) is 7.63. The van der Waals surface area contributed by atoms with Crippen molar-refractivity contribution in [2.24, 2.45) is 11.1 Å². The summed E-state index contributed by atoms with van der Waals surface area (Å²) in [6.07, 6.45) is 0. The van der Waals surface area contributed by atoms with Crippen molar-refractivity contribution in [3.8, 4) is 0 Å². The lowest BCUT2D eigenvalue weighted by atomic mass is 9.93. The van der Waals surface area contributed by atoms with Gasteiger partial charge in [0, 0.05) is 19.7 Å². The van der Waals surface area contributed by atoms with Crippen molar-refractivity contribution in [3.05, 3.63) is 0 Å². The van der Waals surface area contributed by atoms with Crippen LogP contribution in [0.15, 0.2) is 0 Å². The zero-order valence-corrected chi connectivity index (χ0v) is 11.7. The number of likely N-dealkylation sites (N-methyl/N-ethyl adjacent to an activating group) is 1. The molecule has 1 unspecified atom stereocenters. The van der Waals surface area contributed by atoms with Crippen LogP contribution >= 0.6 is 0 Å². The number of hydrogen-bond donors (Lipinski definition) is 2. The van der Waals surface area contributed by atoms with Crippen LogP contribution in [-0.2, 0) is 9.53 Å². The van der Waals surface area contributed by atoms with Crippen LogP contribution in [0, 0.1) is 5.41 Å². The Morgan fingerprint density at radius 2 is 2.12 bits per heavy atom. The first-order valence-corrected chi connectivity index (χ1v) is 5.97. The van der Waals surface area contributed by atoms with E-state index in [1.54, 1.807) is 7.11 Å². The van der Waals surface area contributed by atoms with Gasteiger partial charge in [-0.1, -0.05) is 13.8 Å². The van der Waals surface area contributed by atoms with Gasteiger partial charge in [-0.2, -0.15) is 0 Å². The Hall–Kier alpha value is -0.650. The molecule has 3 N–H and O–H groups in total. The van der Waals surface area contributed by atoms with Crippen LogP contribution in [0.1, 0.15) is 20.8 Å². The Kier molecular flexibility index (Phi) is 7.34. The number of hydrogen-bond acceptors (Lipinski definition) is 4. The molecule has 1 atom stereocenters. The quantitative estimate of drug-likeness (QED) is 0.634. The third-order valence-corrected chi connectivity index (χ3v) is 2.49. The minimum absolute atomic E-state index is 0.0184. The van der Waals surface area contributed by atoms with Gasteiger partial charge in [-0.3, -0.25) is 9.69 Å². The first-order chi connectivity index (χ1) is 7.80. The zero-order valence-electron chi connectivity index (χ0n) is 11.7. The normalized spacial score (nSPS) is 13.8. The van der Waals surface area contributed by atoms with E-state index >= 15 is 0 Å². The highest BCUT2D eigenvalue weighted by Gasteiger charge is 2.19. The predicted octanol–water partition coefficient (Wildman–Crippen LogP) is 0.0542. The molecule has 0 radical (unpaired) electrons. The Labute approximate surface area is 105 Å². The molecule has 0 spiro atoms. The molecule has 0 aliphatic rings. The fourth-order valence-corrected chi connectivity index (χ4v) is 1.71. The third kappa shape index (κ3) is 8.12. The predicted molar refractivity (Wildman–Crippen MR) is 69.8 cm³/mol. The Balaban J connectivity index is 3.95. The van der Waals surface area contributed by atoms with Gasteiger partial charge < -0.3 is 15.8 Å². The SMILES string of the molecule is COCC(C)NC(=O)CN(C)CC(C)(C)CN. The second-order valence-electron chi connectivity index (χ2n) is 5.46. The van der Waals surface area contributed by atoms with Crippen molar-refractivity contribution in [3.63, 3.8) is 0 Å². The highest BCUT2D eigenvalue weighted by Crippen LogP contribution is 2.13. The lowest BCUT2D eigenvalue weighted by Gasteiger charge is -2.28. The highest BCUT2D eigenvalue weighted by atomic mass is 16.5. The number of carbonyl (C=O) groups excluding carboxylic acids is 1. The summed E-state index contributed by atoms with van der Waals surface area (Å²) in [7, 11) is 3.55. The summed E-state index contributed by atoms with van der Waals surface area (Å²) >= 11 is 0. The maximum absolute atomic E-state index is 11.7. The van der Waals surface area contributed by atoms with Gasteiger partial charge in [0.1, 0.15) is 0 Å². The van der Waals surface area contributed by atoms with Gasteiger partial charge in [0.05, 0.1) is 13.2 Å². The molecule has 0 saturated heterocycles. The van der Waals surface area contributed by atoms with E-state index in [-0.39, 0.29) is 17.4 Å². The number of rotatable bonds is 8. The molecule has 5 heteroatoms. The number of nitrogens with two attached hydrogens (primary N) is 1. The number of nitrogens with one attached hydrogen (secondary N) is 1. The molecule has 0 fully saturated rings. The van der Waals surface area contributed by atoms with Gasteiger partial charge >= 0.3 is 0 Å². The average Bonchev–Trinajstić information content (AvgIpc) is 2.16. The Morgan fingerprint density at radius 3 is 2.59 bits per heavy atom. The van der Waals surface area contributed by atoms with E-state index in [1.807, 2.05) is 18.9 Å². The van der Waals surface area contributed by atoms with Crippen LogP contribution in [-0.4, -0.2) is 57.2 Å². The summed E-state index contributed by atoms with van der Waals surface area (Å²) in [6.45, 7) is 8.44. The number of ether oxygens (including phenoxy) is 1. The number of nitrogens with zero attached hydrogens (tertiary/aromatic N) is 1. The minimum atomic E-state index is 0.0184. The van der Waals surface area contributed by atoms with Gasteiger partial charge in [-0.15, -0.1) is 0 Å². The van der Waals surface area contributed by atoms with E-state index < -0.39 is 0 Å². The number of methoxy groups -OCH3 is 1. The molecule has 17 heavy (non-hydrogen) atoms. The zero-order chi connectivity index (χ0) is 13.5. The van der Waals surface area contributed by atoms with Crippen molar-refractivity contribution < 1.29 is 9.53 Å². The molecule has 0 aromatic rings. The molecular formula is C12H27N3O2. The summed E-state index contributed by atoms with van der Waals surface area (Å²) in [6, 6.07) is 0.0448. The maximum atomic E-state index is 11.7. The van der Waals surface area contributed by atoms with Crippen molar-refractivity contribution in [2.45, 2.75) is 26.8 Å². The highest BCUT2D eigenvalue weighted by molar-refractivity contribution is 5.78. The molecule has 0 heterocycles. The Morgan fingerprint density at radius 1 is 1.53 bits per heavy atom. The van der Waals surface area contributed by atoms with Gasteiger partial charge in [-0.05, 0) is 25.9 Å². The topological polar surface area (TPSA) is 67.6 Å². The molecule has 0 saturated carbocycles. The third-order valence-electron chi connectivity index (χ3n) is 2.49. The second-order valence-corrected chi connectivity index (χ2v) is 5.46. The van der Waals surface area contributed by atoms with E-state index in [2.05, 4.69) is 19.2 Å². The van der Waals surface area contributed by atoms with Gasteiger partial charge in [0.25, 0.3) is 0 Å². The Bertz CT molecular complexity index is 232. The molecule has 0 aliphatic heterocycles. The maximum Gasteiger partial charge on any atom is 0.234 e. The lowest BCUT2D eigenvalue weighted by Crippen LogP contribution is -2.44. The van der Waals surface area contributed by atoms with Gasteiger partial charge in [0.2, 0.25) is 5.91 Å². The van der Waals surface area contributed by atoms with Crippen molar-refractivity contribution in [1.82, 2.24) is 10.2 Å². The molecule has 0 aliphatic carbocycles. The average molecular weight is 245 g/mol. The van der Waals surface area contributed by atoms with Crippen LogP contribution < -0.4 is 11.1 Å². The van der Waals surface area contributed by atoms with Crippen LogP contribution in [0.4, 0.5) is 0 Å². The van der Waals surface area contributed by atoms with Crippen molar-refractivity contribution >= 4 is 5.91 Å².